The van der Waals surface area contributed by atoms with Gasteiger partial charge in [-0.15, -0.1) is 0 Å². The quantitative estimate of drug-likeness (QED) is 0.595. The Morgan fingerprint density at radius 2 is 2.18 bits per heavy atom. The van der Waals surface area contributed by atoms with Crippen LogP contribution in [0.3, 0.4) is 0 Å². The average Bonchev–Trinajstić information content (AvgIpc) is 3.20. The SMILES string of the molecule is CCNC(=NCC1CN(CC(C)C)CCO1)N1CCC(C)C(n2ccnc2)C1. The molecule has 0 amide bonds. The zero-order valence-electron chi connectivity index (χ0n) is 18.0. The Balaban J connectivity index is 1.62. The van der Waals surface area contributed by atoms with Gasteiger partial charge in [-0.2, -0.15) is 0 Å². The lowest BCUT2D eigenvalue weighted by atomic mass is 9.93. The van der Waals surface area contributed by atoms with Crippen LogP contribution in [-0.4, -0.2) is 83.8 Å². The van der Waals surface area contributed by atoms with Crippen LogP contribution in [0, 0.1) is 11.8 Å². The Bertz CT molecular complexity index is 602. The summed E-state index contributed by atoms with van der Waals surface area (Å²) >= 11 is 0. The summed E-state index contributed by atoms with van der Waals surface area (Å²) in [6, 6.07) is 0.438. The fraction of sp³-hybridized carbons (Fsp3) is 0.810. The summed E-state index contributed by atoms with van der Waals surface area (Å²) < 4.78 is 8.24. The van der Waals surface area contributed by atoms with Gasteiger partial charge in [0.2, 0.25) is 0 Å². The van der Waals surface area contributed by atoms with Gasteiger partial charge in [-0.05, 0) is 25.2 Å². The molecule has 0 saturated carbocycles. The van der Waals surface area contributed by atoms with E-state index in [0.29, 0.717) is 17.9 Å². The van der Waals surface area contributed by atoms with Crippen molar-refractivity contribution in [1.82, 2.24) is 24.7 Å². The van der Waals surface area contributed by atoms with Crippen molar-refractivity contribution in [3.8, 4) is 0 Å². The van der Waals surface area contributed by atoms with Crippen LogP contribution in [0.25, 0.3) is 0 Å². The van der Waals surface area contributed by atoms with Crippen LogP contribution in [0.5, 0.6) is 0 Å². The van der Waals surface area contributed by atoms with Gasteiger partial charge in [-0.25, -0.2) is 4.98 Å². The van der Waals surface area contributed by atoms with E-state index in [1.165, 1.54) is 0 Å². The van der Waals surface area contributed by atoms with Crippen LogP contribution in [0.15, 0.2) is 23.7 Å². The number of aliphatic imine (C=N–C) groups is 1. The van der Waals surface area contributed by atoms with Gasteiger partial charge in [-0.3, -0.25) is 9.89 Å². The number of likely N-dealkylation sites (tertiary alicyclic amines) is 1. The van der Waals surface area contributed by atoms with Crippen molar-refractivity contribution in [3.05, 3.63) is 18.7 Å². The molecule has 1 aromatic rings. The largest absolute Gasteiger partial charge is 0.374 e. The molecule has 0 radical (unpaired) electrons. The first kappa shape index (κ1) is 21.1. The molecule has 3 heterocycles. The summed E-state index contributed by atoms with van der Waals surface area (Å²) in [7, 11) is 0. The van der Waals surface area contributed by atoms with Crippen molar-refractivity contribution >= 4 is 5.96 Å². The minimum Gasteiger partial charge on any atom is -0.374 e. The van der Waals surface area contributed by atoms with Crippen LogP contribution < -0.4 is 5.32 Å². The summed E-state index contributed by atoms with van der Waals surface area (Å²) in [6.45, 7) is 16.6. The van der Waals surface area contributed by atoms with Gasteiger partial charge in [0.05, 0.1) is 31.6 Å². The third-order valence-corrected chi connectivity index (χ3v) is 5.75. The summed E-state index contributed by atoms with van der Waals surface area (Å²) in [5.41, 5.74) is 0. The van der Waals surface area contributed by atoms with Crippen LogP contribution in [0.4, 0.5) is 0 Å². The predicted molar refractivity (Wildman–Crippen MR) is 114 cm³/mol. The molecule has 3 atom stereocenters. The van der Waals surface area contributed by atoms with Crippen LogP contribution in [0.1, 0.15) is 40.2 Å². The van der Waals surface area contributed by atoms with Crippen LogP contribution in [-0.2, 0) is 4.74 Å². The maximum absolute atomic E-state index is 6.00. The molecule has 0 aliphatic carbocycles. The Hall–Kier alpha value is -1.60. The molecule has 158 valence electrons. The first-order valence-corrected chi connectivity index (χ1v) is 10.9. The number of rotatable bonds is 6. The average molecular weight is 391 g/mol. The second-order valence-electron chi connectivity index (χ2n) is 8.63. The maximum atomic E-state index is 6.00. The molecular formula is C21H38N6O. The van der Waals surface area contributed by atoms with Crippen LogP contribution in [0.2, 0.25) is 0 Å². The second-order valence-corrected chi connectivity index (χ2v) is 8.63. The molecule has 7 nitrogen and oxygen atoms in total. The molecule has 0 bridgehead atoms. The molecular weight excluding hydrogens is 352 g/mol. The monoisotopic (exact) mass is 390 g/mol. The Morgan fingerprint density at radius 3 is 2.89 bits per heavy atom. The highest BCUT2D eigenvalue weighted by atomic mass is 16.5. The maximum Gasteiger partial charge on any atom is 0.194 e. The van der Waals surface area contributed by atoms with Crippen LogP contribution >= 0.6 is 0 Å². The van der Waals surface area contributed by atoms with Crippen molar-refractivity contribution in [2.75, 3.05) is 52.4 Å². The zero-order valence-corrected chi connectivity index (χ0v) is 18.0. The Kier molecular flexibility index (Phi) is 7.73. The van der Waals surface area contributed by atoms with E-state index in [9.17, 15) is 0 Å². The second kappa shape index (κ2) is 10.3. The molecule has 3 unspecified atom stereocenters. The van der Waals surface area contributed by atoms with Gasteiger partial charge in [-0.1, -0.05) is 20.8 Å². The van der Waals surface area contributed by atoms with Crippen molar-refractivity contribution in [2.45, 2.75) is 46.3 Å². The highest BCUT2D eigenvalue weighted by Gasteiger charge is 2.29. The van der Waals surface area contributed by atoms with E-state index in [4.69, 9.17) is 9.73 Å². The lowest BCUT2D eigenvalue weighted by molar-refractivity contribution is -0.0263. The standard InChI is InChI=1S/C21H38N6O/c1-5-23-21(24-12-19-14-25(10-11-28-19)13-17(2)3)26-8-6-18(4)20(15-26)27-9-7-22-16-27/h7,9,16-20H,5-6,8,10-15H2,1-4H3,(H,23,24). The van der Waals surface area contributed by atoms with Gasteiger partial charge in [0.15, 0.2) is 5.96 Å². The van der Waals surface area contributed by atoms with Crippen molar-refractivity contribution in [2.24, 2.45) is 16.8 Å². The van der Waals surface area contributed by atoms with E-state index in [1.807, 2.05) is 12.5 Å². The fourth-order valence-electron chi connectivity index (χ4n) is 4.28. The summed E-state index contributed by atoms with van der Waals surface area (Å²) in [5.74, 6) is 2.35. The van der Waals surface area contributed by atoms with E-state index in [2.05, 4.69) is 58.6 Å². The van der Waals surface area contributed by atoms with E-state index < -0.39 is 0 Å². The van der Waals surface area contributed by atoms with Gasteiger partial charge >= 0.3 is 0 Å². The minimum absolute atomic E-state index is 0.189. The molecule has 1 N–H and O–H groups in total. The van der Waals surface area contributed by atoms with E-state index >= 15 is 0 Å². The smallest absolute Gasteiger partial charge is 0.194 e. The molecule has 7 heteroatoms. The third-order valence-electron chi connectivity index (χ3n) is 5.75. The molecule has 1 aromatic heterocycles. The van der Waals surface area contributed by atoms with E-state index in [0.717, 1.165) is 64.8 Å². The Morgan fingerprint density at radius 1 is 1.32 bits per heavy atom. The first-order chi connectivity index (χ1) is 13.6. The number of piperidine rings is 1. The van der Waals surface area contributed by atoms with Crippen molar-refractivity contribution in [3.63, 3.8) is 0 Å². The summed E-state index contributed by atoms with van der Waals surface area (Å²) in [6.07, 6.45) is 7.24. The number of morpholine rings is 1. The van der Waals surface area contributed by atoms with Gasteiger partial charge < -0.3 is 19.5 Å². The predicted octanol–water partition coefficient (Wildman–Crippen LogP) is 2.09. The molecule has 0 aromatic carbocycles. The lowest BCUT2D eigenvalue weighted by Crippen LogP contribution is -2.50. The number of hydrogen-bond acceptors (Lipinski definition) is 4. The number of ether oxygens (including phenoxy) is 1. The highest BCUT2D eigenvalue weighted by molar-refractivity contribution is 5.80. The van der Waals surface area contributed by atoms with E-state index in [1.54, 1.807) is 0 Å². The number of nitrogens with zero attached hydrogens (tertiary/aromatic N) is 5. The lowest BCUT2D eigenvalue weighted by Gasteiger charge is -2.39. The minimum atomic E-state index is 0.189. The molecule has 2 fully saturated rings. The third kappa shape index (κ3) is 5.70. The first-order valence-electron chi connectivity index (χ1n) is 10.9. The zero-order chi connectivity index (χ0) is 19.9. The number of hydrogen-bond donors (Lipinski definition) is 1. The fourth-order valence-corrected chi connectivity index (χ4v) is 4.28. The molecule has 3 rings (SSSR count). The number of nitrogens with one attached hydrogen (secondary N) is 1. The Labute approximate surface area is 170 Å². The van der Waals surface area contributed by atoms with Gasteiger partial charge in [0.25, 0.3) is 0 Å². The highest BCUT2D eigenvalue weighted by Crippen LogP contribution is 2.27. The molecule has 2 aliphatic heterocycles. The molecule has 0 spiro atoms. The van der Waals surface area contributed by atoms with Crippen molar-refractivity contribution in [1.29, 1.82) is 0 Å². The normalized spacial score (nSPS) is 27.4. The van der Waals surface area contributed by atoms with Crippen molar-refractivity contribution < 1.29 is 4.74 Å². The number of guanidine groups is 1. The number of imidazole rings is 1. The molecule has 2 saturated heterocycles. The number of aromatic nitrogens is 2. The summed E-state index contributed by atoms with van der Waals surface area (Å²) in [4.78, 5) is 14.1. The van der Waals surface area contributed by atoms with E-state index in [-0.39, 0.29) is 6.10 Å². The van der Waals surface area contributed by atoms with Gasteiger partial charge in [0.1, 0.15) is 0 Å². The molecule has 28 heavy (non-hydrogen) atoms. The summed E-state index contributed by atoms with van der Waals surface area (Å²) in [5, 5.41) is 3.50. The topological polar surface area (TPSA) is 57.9 Å². The van der Waals surface area contributed by atoms with Gasteiger partial charge in [0, 0.05) is 51.7 Å². The molecule has 2 aliphatic rings.